The second-order valence-corrected chi connectivity index (χ2v) is 20.1. The van der Waals surface area contributed by atoms with Gasteiger partial charge in [-0.2, -0.15) is 0 Å². The number of aromatic hydroxyl groups is 1. The first kappa shape index (κ1) is 37.3. The van der Waals surface area contributed by atoms with Crippen molar-refractivity contribution >= 4 is 28.6 Å². The fourth-order valence-corrected chi connectivity index (χ4v) is 15.5. The van der Waals surface area contributed by atoms with Gasteiger partial charge in [-0.1, -0.05) is 57.5 Å². The van der Waals surface area contributed by atoms with E-state index in [9.17, 15) is 19.5 Å². The second-order valence-electron chi connectivity index (χ2n) is 19.8. The minimum absolute atomic E-state index is 0.00833. The molecule has 6 heteroatoms. The van der Waals surface area contributed by atoms with Gasteiger partial charge >= 0.3 is 5.43 Å². The molecule has 2 aromatic carbocycles. The van der Waals surface area contributed by atoms with Crippen LogP contribution in [0.25, 0.3) is 0 Å². The van der Waals surface area contributed by atoms with E-state index in [-0.39, 0.29) is 21.7 Å². The highest BCUT2D eigenvalue weighted by atomic mass is 35.5. The summed E-state index contributed by atoms with van der Waals surface area (Å²) in [6.07, 6.45) is 18.4. The van der Waals surface area contributed by atoms with Crippen LogP contribution in [0.1, 0.15) is 145 Å². The molecule has 4 unspecified atom stereocenters. The van der Waals surface area contributed by atoms with Crippen molar-refractivity contribution in [3.05, 3.63) is 64.2 Å². The number of hydrogen-bond acceptors (Lipinski definition) is 5. The quantitative estimate of drug-likeness (QED) is 0.272. The maximum absolute atomic E-state index is 13.1. The number of carbonyl (C=O) groups is 3. The van der Waals surface area contributed by atoms with Gasteiger partial charge in [0.1, 0.15) is 17.3 Å². The number of methoxy groups -OCH3 is 1. The predicted octanol–water partition coefficient (Wildman–Crippen LogP) is 11.1. The summed E-state index contributed by atoms with van der Waals surface area (Å²) in [4.78, 5) is 35.5. The van der Waals surface area contributed by atoms with Gasteiger partial charge in [-0.25, -0.2) is 4.79 Å². The van der Waals surface area contributed by atoms with Gasteiger partial charge in [-0.15, -0.1) is 0 Å². The molecule has 2 aromatic rings. The number of phenolic OH excluding ortho intramolecular Hbond substituents is 1. The highest BCUT2D eigenvalue weighted by Gasteiger charge is 2.71. The Kier molecular flexibility index (Phi) is 8.92. The molecule has 0 radical (unpaired) electrons. The molecule has 0 saturated heterocycles. The number of fused-ring (bicyclic) bond motifs is 8. The summed E-state index contributed by atoms with van der Waals surface area (Å²) in [7, 11) is 1.22. The van der Waals surface area contributed by atoms with Crippen LogP contribution < -0.4 is 0 Å². The Morgan fingerprint density at radius 1 is 0.642 bits per heavy atom. The Morgan fingerprint density at radius 3 is 1.57 bits per heavy atom. The van der Waals surface area contributed by atoms with E-state index >= 15 is 0 Å². The number of phenols is 1. The van der Waals surface area contributed by atoms with Crippen LogP contribution in [0, 0.1) is 52.3 Å². The van der Waals surface area contributed by atoms with Gasteiger partial charge in [0.2, 0.25) is 0 Å². The molecular formula is C47H61ClO5. The Labute approximate surface area is 322 Å². The summed E-state index contributed by atoms with van der Waals surface area (Å²) in [5.74, 6) is 4.18. The lowest BCUT2D eigenvalue weighted by Crippen LogP contribution is -2.54. The van der Waals surface area contributed by atoms with Crippen LogP contribution in [-0.4, -0.2) is 29.2 Å². The lowest BCUT2D eigenvalue weighted by atomic mass is 9.46. The summed E-state index contributed by atoms with van der Waals surface area (Å²) in [5, 5.41) is 9.86. The zero-order valence-electron chi connectivity index (χ0n) is 33.0. The van der Waals surface area contributed by atoms with E-state index in [0.29, 0.717) is 51.8 Å². The summed E-state index contributed by atoms with van der Waals surface area (Å²) in [6, 6.07) is 13.1. The molecule has 0 aliphatic heterocycles. The maximum atomic E-state index is 13.1. The van der Waals surface area contributed by atoms with Gasteiger partial charge < -0.3 is 9.84 Å². The second kappa shape index (κ2) is 12.7. The molecule has 2 spiro atoms. The molecule has 53 heavy (non-hydrogen) atoms. The van der Waals surface area contributed by atoms with Crippen molar-refractivity contribution in [3.63, 3.8) is 0 Å². The standard InChI is InChI=1S/C23H30O.C22H28O2.C2H3ClO2/c1-15-4-6-17-16(14-15)5-7-18-19-8-10-21(2)11-9-20(24)23(19,21)13-12-22(17,18)3;1-20-9-7-18-17-5-3-14-13-15(23)4-6-16(14)21(17,2)11-12-22(18,20)19(24)8-10-20;1-5-2(3)4/h4,6,14,18-19H,5,7-13H2,1-3H3;4,6,13,17-18,23H,3,5,7-12H2,1-2H3;1H3/t18?,19?,21-,22+,23+;17?,18?,20-,21+,22+;/m00./s1. The van der Waals surface area contributed by atoms with Crippen LogP contribution in [0.15, 0.2) is 36.4 Å². The number of ketones is 2. The lowest BCUT2D eigenvalue weighted by Gasteiger charge is -2.57. The number of Topliss-reactive ketones (excluding diaryl/α,β-unsaturated/α-hetero) is 2. The van der Waals surface area contributed by atoms with Crippen molar-refractivity contribution < 1.29 is 24.2 Å². The minimum Gasteiger partial charge on any atom is -0.508 e. The Balaban J connectivity index is 0.000000134. The Hall–Kier alpha value is -2.66. The number of aryl methyl sites for hydroxylation is 3. The fraction of sp³-hybridized carbons (Fsp3) is 0.681. The Bertz CT molecular complexity index is 1730. The van der Waals surface area contributed by atoms with E-state index in [4.69, 9.17) is 0 Å². The summed E-state index contributed by atoms with van der Waals surface area (Å²) in [5.41, 5.74) is 7.69. The molecule has 0 amide bonds. The Morgan fingerprint density at radius 2 is 1.09 bits per heavy atom. The SMILES string of the molecule is COC(=O)Cl.C[C@]12CCC(=O)[C@]13CC[C@]1(C)c4ccc(O)cc4CCC1C3CC2.Cc1ccc2c(c1)CCC1C3CC[C@@]4(C)CCC(=O)[C@@]34CC[C@]21C. The average Bonchev–Trinajstić information content (AvgIpc) is 3.77. The molecule has 0 bridgehead atoms. The van der Waals surface area contributed by atoms with Gasteiger partial charge in [0.15, 0.2) is 0 Å². The molecule has 1 N–H and O–H groups in total. The predicted molar refractivity (Wildman–Crippen MR) is 209 cm³/mol. The van der Waals surface area contributed by atoms with E-state index in [1.807, 2.05) is 12.1 Å². The van der Waals surface area contributed by atoms with Crippen LogP contribution in [0.2, 0.25) is 0 Å². The third-order valence-electron chi connectivity index (χ3n) is 18.1. The zero-order valence-corrected chi connectivity index (χ0v) is 33.8. The third kappa shape index (κ3) is 5.09. The van der Waals surface area contributed by atoms with Gasteiger partial charge in [0, 0.05) is 35.3 Å². The number of carbonyl (C=O) groups excluding carboxylic acids is 3. The molecule has 5 nitrogen and oxygen atoms in total. The van der Waals surface area contributed by atoms with Gasteiger partial charge in [-0.3, -0.25) is 9.59 Å². The molecule has 8 aliphatic rings. The molecule has 6 fully saturated rings. The van der Waals surface area contributed by atoms with Crippen molar-refractivity contribution in [1.29, 1.82) is 0 Å². The first-order chi connectivity index (χ1) is 25.1. The zero-order chi connectivity index (χ0) is 37.8. The van der Waals surface area contributed by atoms with Crippen LogP contribution >= 0.6 is 11.6 Å². The smallest absolute Gasteiger partial charge is 0.403 e. The van der Waals surface area contributed by atoms with Gasteiger partial charge in [0.05, 0.1) is 7.11 Å². The molecule has 0 aromatic heterocycles. The minimum atomic E-state index is -0.773. The summed E-state index contributed by atoms with van der Waals surface area (Å²) < 4.78 is 3.88. The number of halogens is 1. The highest BCUT2D eigenvalue weighted by molar-refractivity contribution is 6.61. The molecule has 6 saturated carbocycles. The maximum Gasteiger partial charge on any atom is 0.403 e. The number of rotatable bonds is 0. The van der Waals surface area contributed by atoms with E-state index in [2.05, 4.69) is 75.2 Å². The number of ether oxygens (including phenoxy) is 1. The molecule has 10 rings (SSSR count). The topological polar surface area (TPSA) is 80.7 Å². The van der Waals surface area contributed by atoms with Crippen molar-refractivity contribution in [2.75, 3.05) is 7.11 Å². The lowest BCUT2D eigenvalue weighted by molar-refractivity contribution is -0.140. The van der Waals surface area contributed by atoms with Crippen molar-refractivity contribution in [2.24, 2.45) is 45.3 Å². The van der Waals surface area contributed by atoms with E-state index in [0.717, 1.165) is 51.4 Å². The van der Waals surface area contributed by atoms with E-state index < -0.39 is 5.43 Å². The van der Waals surface area contributed by atoms with Crippen molar-refractivity contribution in [1.82, 2.24) is 0 Å². The van der Waals surface area contributed by atoms with Crippen molar-refractivity contribution in [2.45, 2.75) is 148 Å². The van der Waals surface area contributed by atoms with Crippen LogP contribution in [-0.2, 0) is 38.0 Å². The van der Waals surface area contributed by atoms with Crippen LogP contribution in [0.5, 0.6) is 5.75 Å². The fourth-order valence-electron chi connectivity index (χ4n) is 15.5. The summed E-state index contributed by atoms with van der Waals surface area (Å²) >= 11 is 4.60. The van der Waals surface area contributed by atoms with Crippen LogP contribution in [0.3, 0.4) is 0 Å². The molecular weight excluding hydrogens is 680 g/mol. The number of hydrogen-bond donors (Lipinski definition) is 1. The third-order valence-corrected chi connectivity index (χ3v) is 18.3. The van der Waals surface area contributed by atoms with Crippen LogP contribution in [0.4, 0.5) is 4.79 Å². The first-order valence-electron chi connectivity index (χ1n) is 20.8. The molecule has 286 valence electrons. The summed E-state index contributed by atoms with van der Waals surface area (Å²) in [6.45, 7) is 12.0. The molecule has 0 heterocycles. The van der Waals surface area contributed by atoms with E-state index in [1.54, 1.807) is 11.1 Å². The monoisotopic (exact) mass is 740 g/mol. The normalized spacial score (nSPS) is 42.5. The largest absolute Gasteiger partial charge is 0.508 e. The van der Waals surface area contributed by atoms with Gasteiger partial charge in [-0.05, 0) is 177 Å². The van der Waals surface area contributed by atoms with Gasteiger partial charge in [0.25, 0.3) is 0 Å². The molecule has 8 aliphatic carbocycles. The average molecular weight is 741 g/mol. The molecule has 10 atom stereocenters. The highest BCUT2D eigenvalue weighted by Crippen LogP contribution is 2.74. The van der Waals surface area contributed by atoms with Crippen molar-refractivity contribution in [3.8, 4) is 5.75 Å². The number of benzene rings is 2. The van der Waals surface area contributed by atoms with E-state index in [1.165, 1.54) is 75.2 Å². The first-order valence-corrected chi connectivity index (χ1v) is 21.2.